The van der Waals surface area contributed by atoms with Gasteiger partial charge in [-0.3, -0.25) is 0 Å². The molecule has 1 atom stereocenters. The first-order valence-electron chi connectivity index (χ1n) is 5.68. The third-order valence-electron chi connectivity index (χ3n) is 2.59. The number of hydrogen-bond donors (Lipinski definition) is 1. The third-order valence-corrected chi connectivity index (χ3v) is 2.59. The minimum Gasteiger partial charge on any atom is -0.310 e. The van der Waals surface area contributed by atoms with Crippen molar-refractivity contribution in [1.29, 1.82) is 0 Å². The molecule has 0 saturated heterocycles. The molecule has 0 saturated carbocycles. The summed E-state index contributed by atoms with van der Waals surface area (Å²) in [5, 5.41) is 3.51. The first-order chi connectivity index (χ1) is 7.27. The quantitative estimate of drug-likeness (QED) is 0.696. The molecule has 0 bridgehead atoms. The van der Waals surface area contributed by atoms with Crippen LogP contribution in [0, 0.1) is 6.92 Å². The van der Waals surface area contributed by atoms with E-state index in [0.29, 0.717) is 6.04 Å². The molecule has 1 nitrogen and oxygen atoms in total. The van der Waals surface area contributed by atoms with Gasteiger partial charge in [0.2, 0.25) is 0 Å². The lowest BCUT2D eigenvalue weighted by Gasteiger charge is -2.17. The maximum absolute atomic E-state index is 3.77. The Labute approximate surface area is 93.2 Å². The lowest BCUT2D eigenvalue weighted by atomic mass is 10.0. The van der Waals surface area contributed by atoms with E-state index in [9.17, 15) is 0 Å². The molecule has 82 valence electrons. The molecule has 0 aromatic heterocycles. The molecule has 0 fully saturated rings. The van der Waals surface area contributed by atoms with Gasteiger partial charge in [-0.15, -0.1) is 6.58 Å². The zero-order valence-corrected chi connectivity index (χ0v) is 9.79. The highest BCUT2D eigenvalue weighted by atomic mass is 14.9. The van der Waals surface area contributed by atoms with Crippen molar-refractivity contribution >= 4 is 0 Å². The summed E-state index contributed by atoms with van der Waals surface area (Å²) in [6, 6.07) is 9.24. The first-order valence-corrected chi connectivity index (χ1v) is 5.68. The summed E-state index contributed by atoms with van der Waals surface area (Å²) >= 11 is 0. The average molecular weight is 203 g/mol. The largest absolute Gasteiger partial charge is 0.310 e. The standard InChI is InChI=1S/C14H21N/c1-4-6-7-14(15-5-2)13-10-8-12(3)9-11-13/h4,8-11,14-15H,1,5-7H2,2-3H3. The van der Waals surface area contributed by atoms with Crippen molar-refractivity contribution in [2.45, 2.75) is 32.7 Å². The second-order valence-corrected chi connectivity index (χ2v) is 3.89. The van der Waals surface area contributed by atoms with Crippen molar-refractivity contribution in [1.82, 2.24) is 5.32 Å². The van der Waals surface area contributed by atoms with Crippen LogP contribution in [-0.2, 0) is 0 Å². The second kappa shape index (κ2) is 6.41. The molecule has 0 aliphatic heterocycles. The molecule has 0 aliphatic carbocycles. The summed E-state index contributed by atoms with van der Waals surface area (Å²) in [6.45, 7) is 9.05. The van der Waals surface area contributed by atoms with Crippen molar-refractivity contribution in [2.24, 2.45) is 0 Å². The van der Waals surface area contributed by atoms with Crippen LogP contribution in [0.15, 0.2) is 36.9 Å². The van der Waals surface area contributed by atoms with E-state index in [0.717, 1.165) is 19.4 Å². The van der Waals surface area contributed by atoms with Crippen molar-refractivity contribution < 1.29 is 0 Å². The topological polar surface area (TPSA) is 12.0 Å². The van der Waals surface area contributed by atoms with E-state index in [4.69, 9.17) is 0 Å². The Morgan fingerprint density at radius 2 is 2.00 bits per heavy atom. The zero-order valence-electron chi connectivity index (χ0n) is 9.79. The van der Waals surface area contributed by atoms with Crippen molar-refractivity contribution in [3.63, 3.8) is 0 Å². The highest BCUT2D eigenvalue weighted by Gasteiger charge is 2.08. The van der Waals surface area contributed by atoms with E-state index in [1.165, 1.54) is 11.1 Å². The second-order valence-electron chi connectivity index (χ2n) is 3.89. The van der Waals surface area contributed by atoms with Crippen molar-refractivity contribution in [3.8, 4) is 0 Å². The number of nitrogens with one attached hydrogen (secondary N) is 1. The fourth-order valence-corrected chi connectivity index (χ4v) is 1.72. The minimum atomic E-state index is 0.466. The summed E-state index contributed by atoms with van der Waals surface area (Å²) < 4.78 is 0. The van der Waals surface area contributed by atoms with Crippen molar-refractivity contribution in [3.05, 3.63) is 48.0 Å². The molecule has 0 heterocycles. The summed E-state index contributed by atoms with van der Waals surface area (Å²) in [5.74, 6) is 0. The molecule has 1 heteroatoms. The fraction of sp³-hybridized carbons (Fsp3) is 0.429. The molecule has 1 rings (SSSR count). The summed E-state index contributed by atoms with van der Waals surface area (Å²) in [6.07, 6.45) is 4.17. The highest BCUT2D eigenvalue weighted by Crippen LogP contribution is 2.18. The van der Waals surface area contributed by atoms with Gasteiger partial charge >= 0.3 is 0 Å². The number of hydrogen-bond acceptors (Lipinski definition) is 1. The van der Waals surface area contributed by atoms with Crippen LogP contribution in [0.5, 0.6) is 0 Å². The van der Waals surface area contributed by atoms with Gasteiger partial charge in [0.15, 0.2) is 0 Å². The van der Waals surface area contributed by atoms with Crippen LogP contribution in [0.1, 0.15) is 36.9 Å². The lowest BCUT2D eigenvalue weighted by molar-refractivity contribution is 0.520. The van der Waals surface area contributed by atoms with Crippen LogP contribution in [0.25, 0.3) is 0 Å². The van der Waals surface area contributed by atoms with E-state index in [1.54, 1.807) is 0 Å². The Morgan fingerprint density at radius 1 is 1.33 bits per heavy atom. The Bertz CT molecular complexity index is 287. The van der Waals surface area contributed by atoms with E-state index >= 15 is 0 Å². The normalized spacial score (nSPS) is 12.4. The van der Waals surface area contributed by atoms with E-state index in [-0.39, 0.29) is 0 Å². The fourth-order valence-electron chi connectivity index (χ4n) is 1.72. The monoisotopic (exact) mass is 203 g/mol. The van der Waals surface area contributed by atoms with E-state index < -0.39 is 0 Å². The summed E-state index contributed by atoms with van der Waals surface area (Å²) in [5.41, 5.74) is 2.70. The van der Waals surface area contributed by atoms with Gasteiger partial charge in [0.1, 0.15) is 0 Å². The van der Waals surface area contributed by atoms with Gasteiger partial charge in [-0.1, -0.05) is 42.8 Å². The molecule has 0 amide bonds. The third kappa shape index (κ3) is 3.88. The Hall–Kier alpha value is -1.08. The van der Waals surface area contributed by atoms with E-state index in [1.807, 2.05) is 6.08 Å². The molecule has 1 aromatic carbocycles. The van der Waals surface area contributed by atoms with Crippen LogP contribution in [0.4, 0.5) is 0 Å². The maximum Gasteiger partial charge on any atom is 0.0323 e. The highest BCUT2D eigenvalue weighted by molar-refractivity contribution is 5.24. The molecular weight excluding hydrogens is 182 g/mol. The van der Waals surface area contributed by atoms with Gasteiger partial charge in [-0.2, -0.15) is 0 Å². The molecule has 1 aromatic rings. The van der Waals surface area contributed by atoms with Crippen LogP contribution >= 0.6 is 0 Å². The maximum atomic E-state index is 3.77. The van der Waals surface area contributed by atoms with E-state index in [2.05, 4.69) is 50.0 Å². The summed E-state index contributed by atoms with van der Waals surface area (Å²) in [4.78, 5) is 0. The Balaban J connectivity index is 2.69. The van der Waals surface area contributed by atoms with Gasteiger partial charge in [0.25, 0.3) is 0 Å². The molecule has 0 aliphatic rings. The number of benzene rings is 1. The number of rotatable bonds is 6. The Kier molecular flexibility index (Phi) is 5.13. The van der Waals surface area contributed by atoms with Crippen LogP contribution in [0.3, 0.4) is 0 Å². The van der Waals surface area contributed by atoms with Crippen LogP contribution < -0.4 is 5.32 Å². The first kappa shape index (κ1) is 12.0. The predicted molar refractivity (Wildman–Crippen MR) is 67.0 cm³/mol. The lowest BCUT2D eigenvalue weighted by Crippen LogP contribution is -2.20. The van der Waals surface area contributed by atoms with Crippen LogP contribution in [0.2, 0.25) is 0 Å². The van der Waals surface area contributed by atoms with Gasteiger partial charge in [-0.05, 0) is 31.9 Å². The number of allylic oxidation sites excluding steroid dienone is 1. The van der Waals surface area contributed by atoms with Gasteiger partial charge in [0.05, 0.1) is 0 Å². The predicted octanol–water partition coefficient (Wildman–Crippen LogP) is 3.61. The molecule has 1 unspecified atom stereocenters. The van der Waals surface area contributed by atoms with Crippen LogP contribution in [-0.4, -0.2) is 6.54 Å². The molecule has 0 spiro atoms. The zero-order chi connectivity index (χ0) is 11.1. The van der Waals surface area contributed by atoms with Gasteiger partial charge in [0, 0.05) is 6.04 Å². The SMILES string of the molecule is C=CCCC(NCC)c1ccc(C)cc1. The smallest absolute Gasteiger partial charge is 0.0323 e. The summed E-state index contributed by atoms with van der Waals surface area (Å²) in [7, 11) is 0. The molecule has 15 heavy (non-hydrogen) atoms. The van der Waals surface area contributed by atoms with Crippen molar-refractivity contribution in [2.75, 3.05) is 6.54 Å². The Morgan fingerprint density at radius 3 is 2.53 bits per heavy atom. The molecule has 0 radical (unpaired) electrons. The number of aryl methyl sites for hydroxylation is 1. The molecular formula is C14H21N. The van der Waals surface area contributed by atoms with Gasteiger partial charge < -0.3 is 5.32 Å². The van der Waals surface area contributed by atoms with Gasteiger partial charge in [-0.25, -0.2) is 0 Å². The molecule has 1 N–H and O–H groups in total. The minimum absolute atomic E-state index is 0.466. The average Bonchev–Trinajstić information content (AvgIpc) is 2.25.